The summed E-state index contributed by atoms with van der Waals surface area (Å²) in [5.41, 5.74) is 4.08. The van der Waals surface area contributed by atoms with Crippen LogP contribution in [0.1, 0.15) is 49.9 Å². The lowest BCUT2D eigenvalue weighted by molar-refractivity contribution is 0.177. The Hall–Kier alpha value is -0.683. The van der Waals surface area contributed by atoms with Crippen molar-refractivity contribution in [1.82, 2.24) is 10.2 Å². The maximum atomic E-state index is 6.63. The van der Waals surface area contributed by atoms with E-state index in [0.717, 1.165) is 26.1 Å². The van der Waals surface area contributed by atoms with Crippen molar-refractivity contribution in [2.45, 2.75) is 71.3 Å². The number of likely N-dealkylation sites (tertiary alicyclic amines) is 1. The number of aryl methyl sites for hydroxylation is 2. The highest BCUT2D eigenvalue weighted by molar-refractivity contribution is 6.74. The molecule has 1 aromatic rings. The minimum absolute atomic E-state index is 0.285. The molecule has 142 valence electrons. The van der Waals surface area contributed by atoms with Crippen molar-refractivity contribution in [2.75, 3.05) is 26.7 Å². The zero-order chi connectivity index (χ0) is 18.8. The molecule has 4 heteroatoms. The van der Waals surface area contributed by atoms with Crippen LogP contribution in [0.4, 0.5) is 0 Å². The third kappa shape index (κ3) is 5.39. The normalized spacial score (nSPS) is 20.9. The molecular weight excluding hydrogens is 324 g/mol. The number of nitrogens with one attached hydrogen (secondary N) is 1. The van der Waals surface area contributed by atoms with Crippen molar-refractivity contribution in [2.24, 2.45) is 0 Å². The maximum Gasteiger partial charge on any atom is 0.192 e. The zero-order valence-electron chi connectivity index (χ0n) is 17.6. The summed E-state index contributed by atoms with van der Waals surface area (Å²) in [4.78, 5) is 2.57. The van der Waals surface area contributed by atoms with Crippen molar-refractivity contribution in [1.29, 1.82) is 0 Å². The quantitative estimate of drug-likeness (QED) is 0.745. The van der Waals surface area contributed by atoms with Gasteiger partial charge in [0.15, 0.2) is 8.32 Å². The van der Waals surface area contributed by atoms with Gasteiger partial charge in [-0.3, -0.25) is 4.90 Å². The van der Waals surface area contributed by atoms with Crippen molar-refractivity contribution in [3.8, 4) is 0 Å². The van der Waals surface area contributed by atoms with Crippen LogP contribution in [-0.4, -0.2) is 46.0 Å². The molecule has 1 fully saturated rings. The fraction of sp³-hybridized carbons (Fsp3) is 0.714. The Morgan fingerprint density at radius 2 is 1.80 bits per heavy atom. The van der Waals surface area contributed by atoms with Crippen molar-refractivity contribution >= 4 is 8.32 Å². The van der Waals surface area contributed by atoms with E-state index in [1.807, 2.05) is 0 Å². The van der Waals surface area contributed by atoms with Gasteiger partial charge < -0.3 is 9.74 Å². The molecule has 0 radical (unpaired) electrons. The van der Waals surface area contributed by atoms with Crippen molar-refractivity contribution < 1.29 is 4.43 Å². The van der Waals surface area contributed by atoms with Crippen LogP contribution in [0.5, 0.6) is 0 Å². The highest BCUT2D eigenvalue weighted by Gasteiger charge is 2.40. The lowest BCUT2D eigenvalue weighted by atomic mass is 10.0. The second-order valence-corrected chi connectivity index (χ2v) is 14.1. The van der Waals surface area contributed by atoms with E-state index in [0.29, 0.717) is 12.1 Å². The predicted octanol–water partition coefficient (Wildman–Crippen LogP) is 4.66. The van der Waals surface area contributed by atoms with Gasteiger partial charge in [0.2, 0.25) is 0 Å². The first-order valence-corrected chi connectivity index (χ1v) is 12.6. The second kappa shape index (κ2) is 7.91. The molecule has 2 rings (SSSR count). The van der Waals surface area contributed by atoms with Crippen LogP contribution in [0.3, 0.4) is 0 Å². The van der Waals surface area contributed by atoms with Gasteiger partial charge in [-0.05, 0) is 51.0 Å². The number of benzene rings is 1. The van der Waals surface area contributed by atoms with E-state index in [1.165, 1.54) is 16.7 Å². The molecule has 1 aromatic carbocycles. The molecule has 0 aliphatic carbocycles. The minimum atomic E-state index is -1.67. The molecule has 0 amide bonds. The summed E-state index contributed by atoms with van der Waals surface area (Å²) in [6.07, 6.45) is 1.56. The Bertz CT molecular complexity index is 559. The summed E-state index contributed by atoms with van der Waals surface area (Å²) in [6.45, 7) is 19.3. The fourth-order valence-electron chi connectivity index (χ4n) is 3.49. The summed E-state index contributed by atoms with van der Waals surface area (Å²) < 4.78 is 6.63. The molecule has 1 heterocycles. The average Bonchev–Trinajstić information content (AvgIpc) is 2.89. The average molecular weight is 363 g/mol. The second-order valence-electron chi connectivity index (χ2n) is 9.31. The van der Waals surface area contributed by atoms with E-state index in [1.54, 1.807) is 0 Å². The van der Waals surface area contributed by atoms with Crippen LogP contribution in [0.25, 0.3) is 0 Å². The van der Waals surface area contributed by atoms with Crippen LogP contribution in [0, 0.1) is 13.8 Å². The Balaban J connectivity index is 1.97. The van der Waals surface area contributed by atoms with Crippen LogP contribution in [0.2, 0.25) is 18.1 Å². The Kier molecular flexibility index (Phi) is 6.53. The zero-order valence-corrected chi connectivity index (χ0v) is 18.6. The Labute approximate surface area is 156 Å². The smallest absolute Gasteiger partial charge is 0.192 e. The Morgan fingerprint density at radius 3 is 2.32 bits per heavy atom. The first-order chi connectivity index (χ1) is 11.5. The molecule has 0 aromatic heterocycles. The molecule has 0 bridgehead atoms. The molecular formula is C21H38N2OSi. The molecule has 0 spiro atoms. The van der Waals surface area contributed by atoms with Crippen LogP contribution in [-0.2, 0) is 4.43 Å². The van der Waals surface area contributed by atoms with Gasteiger partial charge in [-0.2, -0.15) is 0 Å². The minimum Gasteiger partial charge on any atom is -0.413 e. The van der Waals surface area contributed by atoms with Gasteiger partial charge in [0.05, 0.1) is 6.10 Å². The van der Waals surface area contributed by atoms with Gasteiger partial charge >= 0.3 is 0 Å². The third-order valence-corrected chi connectivity index (χ3v) is 10.5. The van der Waals surface area contributed by atoms with E-state index < -0.39 is 8.32 Å². The highest BCUT2D eigenvalue weighted by Crippen LogP contribution is 2.38. The van der Waals surface area contributed by atoms with E-state index in [2.05, 4.69) is 83.2 Å². The molecule has 1 aliphatic heterocycles. The van der Waals surface area contributed by atoms with Gasteiger partial charge in [-0.25, -0.2) is 0 Å². The highest BCUT2D eigenvalue weighted by atomic mass is 28.4. The topological polar surface area (TPSA) is 24.5 Å². The summed E-state index contributed by atoms with van der Waals surface area (Å²) in [7, 11) is 0.403. The SMILES string of the molecule is CNC(CN1CC[C@H](O[Si](C)(C)C(C)(C)C)C1)c1cc(C)cc(C)c1. The van der Waals surface area contributed by atoms with Gasteiger partial charge in [0.1, 0.15) is 0 Å². The molecule has 1 aliphatic rings. The lowest BCUT2D eigenvalue weighted by Gasteiger charge is -2.38. The molecule has 2 atom stereocenters. The van der Waals surface area contributed by atoms with Gasteiger partial charge in [-0.1, -0.05) is 50.1 Å². The van der Waals surface area contributed by atoms with E-state index in [9.17, 15) is 0 Å². The predicted molar refractivity (Wildman–Crippen MR) is 111 cm³/mol. The number of nitrogens with zero attached hydrogens (tertiary/aromatic N) is 1. The monoisotopic (exact) mass is 362 g/mol. The van der Waals surface area contributed by atoms with Crippen LogP contribution < -0.4 is 5.32 Å². The summed E-state index contributed by atoms with van der Waals surface area (Å²) >= 11 is 0. The van der Waals surface area contributed by atoms with E-state index >= 15 is 0 Å². The van der Waals surface area contributed by atoms with Crippen LogP contribution >= 0.6 is 0 Å². The van der Waals surface area contributed by atoms with E-state index in [-0.39, 0.29) is 5.04 Å². The first-order valence-electron chi connectivity index (χ1n) is 9.67. The molecule has 3 nitrogen and oxygen atoms in total. The summed E-state index contributed by atoms with van der Waals surface area (Å²) in [5, 5.41) is 3.80. The summed E-state index contributed by atoms with van der Waals surface area (Å²) in [5.74, 6) is 0. The van der Waals surface area contributed by atoms with Crippen LogP contribution in [0.15, 0.2) is 18.2 Å². The molecule has 1 saturated heterocycles. The van der Waals surface area contributed by atoms with Gasteiger partial charge in [0.25, 0.3) is 0 Å². The number of hydrogen-bond donors (Lipinski definition) is 1. The largest absolute Gasteiger partial charge is 0.413 e. The van der Waals surface area contributed by atoms with Crippen molar-refractivity contribution in [3.05, 3.63) is 34.9 Å². The number of rotatable bonds is 6. The summed E-state index contributed by atoms with van der Waals surface area (Å²) in [6, 6.07) is 7.25. The standard InChI is InChI=1S/C21H38N2OSi/c1-16-11-17(2)13-18(12-16)20(22-6)15-23-10-9-19(14-23)24-25(7,8)21(3,4)5/h11-13,19-20,22H,9-10,14-15H2,1-8H3/t19-,20?/m0/s1. The molecule has 1 unspecified atom stereocenters. The third-order valence-electron chi connectivity index (χ3n) is 5.93. The van der Waals surface area contributed by atoms with Crippen molar-refractivity contribution in [3.63, 3.8) is 0 Å². The number of hydrogen-bond acceptors (Lipinski definition) is 3. The first kappa shape index (κ1) is 20.6. The lowest BCUT2D eigenvalue weighted by Crippen LogP contribution is -2.44. The Morgan fingerprint density at radius 1 is 1.20 bits per heavy atom. The maximum absolute atomic E-state index is 6.63. The fourth-order valence-corrected chi connectivity index (χ4v) is 4.86. The number of likely N-dealkylation sites (N-methyl/N-ethyl adjacent to an activating group) is 1. The molecule has 25 heavy (non-hydrogen) atoms. The van der Waals surface area contributed by atoms with Gasteiger partial charge in [0, 0.05) is 25.7 Å². The molecule has 0 saturated carbocycles. The van der Waals surface area contributed by atoms with Gasteiger partial charge in [-0.15, -0.1) is 0 Å². The molecule has 1 N–H and O–H groups in total. The van der Waals surface area contributed by atoms with E-state index in [4.69, 9.17) is 4.43 Å².